The van der Waals surface area contributed by atoms with Gasteiger partial charge in [0.2, 0.25) is 0 Å². The molecule has 52 valence electrons. The minimum atomic E-state index is -0.682. The molecule has 0 aromatic heterocycles. The number of unbranched alkanes of at least 4 members (excludes halogenated alkanes) is 2. The van der Waals surface area contributed by atoms with E-state index < -0.39 is 5.97 Å². The molecular formula is C6H14O2Sr. The second kappa shape index (κ2) is 8.95. The average molecular weight is 206 g/mol. The zero-order chi connectivity index (χ0) is 6.41. The molecule has 3 heteroatoms. The van der Waals surface area contributed by atoms with E-state index in [9.17, 15) is 4.79 Å². The van der Waals surface area contributed by atoms with Crippen LogP contribution in [0.2, 0.25) is 0 Å². The summed E-state index contributed by atoms with van der Waals surface area (Å²) in [5.74, 6) is -0.682. The van der Waals surface area contributed by atoms with Crippen LogP contribution in [0.15, 0.2) is 0 Å². The van der Waals surface area contributed by atoms with Crippen LogP contribution >= 0.6 is 0 Å². The molecule has 0 amide bonds. The summed E-state index contributed by atoms with van der Waals surface area (Å²) in [4.78, 5) is 9.87. The first-order chi connectivity index (χ1) is 3.77. The van der Waals surface area contributed by atoms with Gasteiger partial charge in [-0.25, -0.2) is 0 Å². The maximum atomic E-state index is 9.87. The molecule has 0 heterocycles. The van der Waals surface area contributed by atoms with Crippen LogP contribution in [0.3, 0.4) is 0 Å². The molecule has 0 aromatic carbocycles. The van der Waals surface area contributed by atoms with Crippen molar-refractivity contribution in [2.45, 2.75) is 32.6 Å². The Kier molecular flexibility index (Phi) is 12.5. The van der Waals surface area contributed by atoms with Crippen molar-refractivity contribution in [3.05, 3.63) is 0 Å². The van der Waals surface area contributed by atoms with Gasteiger partial charge in [-0.3, -0.25) is 4.79 Å². The predicted octanol–water partition coefficient (Wildman–Crippen LogP) is 0.735. The van der Waals surface area contributed by atoms with Crippen LogP contribution in [-0.4, -0.2) is 56.6 Å². The standard InChI is InChI=1S/C6H12O2.Sr.2H/c1-2-3-4-5-6(7)8;;;/h2-5H2,1H3,(H,7,8);;;. The number of rotatable bonds is 4. The fourth-order valence-corrected chi connectivity index (χ4v) is 0.526. The summed E-state index contributed by atoms with van der Waals surface area (Å²) >= 11 is 0. The van der Waals surface area contributed by atoms with Crippen LogP contribution < -0.4 is 0 Å². The van der Waals surface area contributed by atoms with Crippen LogP contribution in [0.5, 0.6) is 0 Å². The zero-order valence-electron chi connectivity index (χ0n) is 5.18. The molecule has 0 rings (SSSR count). The van der Waals surface area contributed by atoms with E-state index in [0.29, 0.717) is 6.42 Å². The van der Waals surface area contributed by atoms with Crippen molar-refractivity contribution in [1.82, 2.24) is 0 Å². The van der Waals surface area contributed by atoms with Gasteiger partial charge in [0.1, 0.15) is 0 Å². The van der Waals surface area contributed by atoms with Gasteiger partial charge in [0, 0.05) is 6.42 Å². The Bertz CT molecular complexity index is 73.5. The molecule has 0 aliphatic rings. The zero-order valence-corrected chi connectivity index (χ0v) is 5.18. The van der Waals surface area contributed by atoms with E-state index in [1.165, 1.54) is 0 Å². The van der Waals surface area contributed by atoms with Gasteiger partial charge in [-0.1, -0.05) is 19.8 Å². The number of hydrogen-bond donors (Lipinski definition) is 1. The third kappa shape index (κ3) is 12.2. The Labute approximate surface area is 92.9 Å². The Morgan fingerprint density at radius 3 is 2.33 bits per heavy atom. The molecule has 1 N–H and O–H groups in total. The monoisotopic (exact) mass is 206 g/mol. The molecule has 9 heavy (non-hydrogen) atoms. The van der Waals surface area contributed by atoms with Crippen molar-refractivity contribution in [3.8, 4) is 0 Å². The Hall–Kier alpha value is 0.951. The van der Waals surface area contributed by atoms with E-state index >= 15 is 0 Å². The van der Waals surface area contributed by atoms with E-state index in [-0.39, 0.29) is 45.5 Å². The van der Waals surface area contributed by atoms with Crippen molar-refractivity contribution >= 4 is 51.5 Å². The summed E-state index contributed by atoms with van der Waals surface area (Å²) in [6, 6.07) is 0. The van der Waals surface area contributed by atoms with Gasteiger partial charge in [-0.05, 0) is 6.42 Å². The summed E-state index contributed by atoms with van der Waals surface area (Å²) in [5.41, 5.74) is 0. The summed E-state index contributed by atoms with van der Waals surface area (Å²) in [7, 11) is 0. The molecule has 0 atom stereocenters. The second-order valence-corrected chi connectivity index (χ2v) is 1.85. The van der Waals surface area contributed by atoms with Gasteiger partial charge in [0.25, 0.3) is 0 Å². The van der Waals surface area contributed by atoms with Crippen LogP contribution in [-0.2, 0) is 4.79 Å². The topological polar surface area (TPSA) is 37.3 Å². The SMILES string of the molecule is CCCCCC(=O)O.[SrH2]. The van der Waals surface area contributed by atoms with Crippen LogP contribution in [0.4, 0.5) is 0 Å². The Morgan fingerprint density at radius 1 is 1.44 bits per heavy atom. The first-order valence-electron chi connectivity index (χ1n) is 2.99. The molecule has 0 radical (unpaired) electrons. The van der Waals surface area contributed by atoms with Crippen LogP contribution in [0.25, 0.3) is 0 Å². The van der Waals surface area contributed by atoms with Crippen molar-refractivity contribution in [2.75, 3.05) is 0 Å². The number of carbonyl (C=O) groups is 1. The predicted molar refractivity (Wildman–Crippen MR) is 40.3 cm³/mol. The van der Waals surface area contributed by atoms with Crippen LogP contribution in [0.1, 0.15) is 32.6 Å². The number of aliphatic carboxylic acids is 1. The Balaban J connectivity index is 0. The van der Waals surface area contributed by atoms with E-state index in [0.717, 1.165) is 19.3 Å². The molecular weight excluding hydrogens is 192 g/mol. The van der Waals surface area contributed by atoms with Crippen molar-refractivity contribution < 1.29 is 9.90 Å². The fourth-order valence-electron chi connectivity index (χ4n) is 0.526. The third-order valence-electron chi connectivity index (χ3n) is 0.994. The molecule has 0 saturated heterocycles. The molecule has 0 aromatic rings. The fraction of sp³-hybridized carbons (Fsp3) is 0.833. The molecule has 0 aliphatic heterocycles. The van der Waals surface area contributed by atoms with Crippen molar-refractivity contribution in [2.24, 2.45) is 0 Å². The van der Waals surface area contributed by atoms with Gasteiger partial charge in [0.05, 0.1) is 0 Å². The molecule has 0 saturated carbocycles. The summed E-state index contributed by atoms with van der Waals surface area (Å²) in [6.45, 7) is 2.06. The number of hydrogen-bond acceptors (Lipinski definition) is 1. The second-order valence-electron chi connectivity index (χ2n) is 1.85. The van der Waals surface area contributed by atoms with Gasteiger partial charge in [0.15, 0.2) is 0 Å². The van der Waals surface area contributed by atoms with E-state index in [1.807, 2.05) is 0 Å². The summed E-state index contributed by atoms with van der Waals surface area (Å²) in [5, 5.41) is 8.14. The van der Waals surface area contributed by atoms with E-state index in [4.69, 9.17) is 5.11 Å². The Morgan fingerprint density at radius 2 is 2.00 bits per heavy atom. The van der Waals surface area contributed by atoms with Gasteiger partial charge >= 0.3 is 51.5 Å². The first kappa shape index (κ1) is 12.6. The molecule has 0 unspecified atom stereocenters. The molecule has 2 nitrogen and oxygen atoms in total. The van der Waals surface area contributed by atoms with E-state index in [1.54, 1.807) is 0 Å². The van der Waals surface area contributed by atoms with Crippen molar-refractivity contribution in [3.63, 3.8) is 0 Å². The number of carboxylic acids is 1. The van der Waals surface area contributed by atoms with E-state index in [2.05, 4.69) is 6.92 Å². The molecule has 0 aliphatic carbocycles. The maximum absolute atomic E-state index is 9.87. The van der Waals surface area contributed by atoms with Gasteiger partial charge in [-0.2, -0.15) is 0 Å². The normalized spacial score (nSPS) is 8.11. The quantitative estimate of drug-likeness (QED) is 0.543. The molecule has 0 bridgehead atoms. The van der Waals surface area contributed by atoms with Gasteiger partial charge in [-0.15, -0.1) is 0 Å². The molecule has 0 fully saturated rings. The minimum absolute atomic E-state index is 0. The average Bonchev–Trinajstić information content (AvgIpc) is 1.66. The summed E-state index contributed by atoms with van der Waals surface area (Å²) in [6.07, 6.45) is 3.28. The van der Waals surface area contributed by atoms with Gasteiger partial charge < -0.3 is 5.11 Å². The number of carboxylic acid groups (broad SMARTS) is 1. The van der Waals surface area contributed by atoms with Crippen LogP contribution in [0, 0.1) is 0 Å². The first-order valence-corrected chi connectivity index (χ1v) is 2.99. The molecule has 0 spiro atoms. The summed E-state index contributed by atoms with van der Waals surface area (Å²) < 4.78 is 0. The van der Waals surface area contributed by atoms with Crippen molar-refractivity contribution in [1.29, 1.82) is 0 Å². The third-order valence-corrected chi connectivity index (χ3v) is 0.994.